The molecule has 0 aromatic carbocycles. The van der Waals surface area contributed by atoms with E-state index in [1.54, 1.807) is 13.8 Å². The minimum absolute atomic E-state index is 0.0820. The monoisotopic (exact) mass is 284 g/mol. The van der Waals surface area contributed by atoms with Gasteiger partial charge in [-0.2, -0.15) is 0 Å². The van der Waals surface area contributed by atoms with Gasteiger partial charge in [-0.25, -0.2) is 4.79 Å². The summed E-state index contributed by atoms with van der Waals surface area (Å²) in [6, 6.07) is -0.835. The molecule has 0 aliphatic carbocycles. The Morgan fingerprint density at radius 3 is 2.20 bits per heavy atom. The SMILES string of the molecule is C=CC(=O)N1CCN(C(C(=O)O)C(C)C)C(=O)C1.CC. The third-order valence-corrected chi connectivity index (χ3v) is 2.96. The fourth-order valence-corrected chi connectivity index (χ4v) is 2.08. The number of aliphatic carboxylic acids is 1. The highest BCUT2D eigenvalue weighted by Gasteiger charge is 2.36. The molecular weight excluding hydrogens is 260 g/mol. The molecular formula is C14H24N2O4. The molecule has 2 amide bonds. The lowest BCUT2D eigenvalue weighted by Gasteiger charge is -2.38. The van der Waals surface area contributed by atoms with Gasteiger partial charge in [-0.3, -0.25) is 9.59 Å². The second kappa shape index (κ2) is 8.35. The highest BCUT2D eigenvalue weighted by Crippen LogP contribution is 2.15. The van der Waals surface area contributed by atoms with E-state index in [9.17, 15) is 14.4 Å². The summed E-state index contributed by atoms with van der Waals surface area (Å²) >= 11 is 0. The first kappa shape index (κ1) is 18.1. The van der Waals surface area contributed by atoms with Crippen molar-refractivity contribution < 1.29 is 19.5 Å². The van der Waals surface area contributed by atoms with Crippen molar-refractivity contribution in [1.29, 1.82) is 0 Å². The number of carbonyl (C=O) groups is 3. The van der Waals surface area contributed by atoms with Crippen molar-refractivity contribution in [2.75, 3.05) is 19.6 Å². The first-order valence-electron chi connectivity index (χ1n) is 6.82. The van der Waals surface area contributed by atoms with Gasteiger partial charge in [0.05, 0.1) is 0 Å². The van der Waals surface area contributed by atoms with Crippen LogP contribution in [0.25, 0.3) is 0 Å². The molecule has 1 fully saturated rings. The zero-order valence-electron chi connectivity index (χ0n) is 12.6. The first-order chi connectivity index (χ1) is 9.38. The van der Waals surface area contributed by atoms with Crippen LogP contribution in [0, 0.1) is 5.92 Å². The van der Waals surface area contributed by atoms with Gasteiger partial charge in [0.25, 0.3) is 0 Å². The molecule has 114 valence electrons. The summed E-state index contributed by atoms with van der Waals surface area (Å²) in [4.78, 5) is 37.2. The maximum atomic E-state index is 11.9. The molecule has 1 unspecified atom stereocenters. The van der Waals surface area contributed by atoms with Gasteiger partial charge < -0.3 is 14.9 Å². The maximum absolute atomic E-state index is 11.9. The van der Waals surface area contributed by atoms with Crippen LogP contribution in [0.4, 0.5) is 0 Å². The van der Waals surface area contributed by atoms with Crippen molar-refractivity contribution in [3.05, 3.63) is 12.7 Å². The summed E-state index contributed by atoms with van der Waals surface area (Å²) in [6.45, 7) is 11.4. The fourth-order valence-electron chi connectivity index (χ4n) is 2.08. The molecule has 1 heterocycles. The van der Waals surface area contributed by atoms with Crippen LogP contribution in [0.1, 0.15) is 27.7 Å². The summed E-state index contributed by atoms with van der Waals surface area (Å²) < 4.78 is 0. The van der Waals surface area contributed by atoms with E-state index in [-0.39, 0.29) is 30.8 Å². The second-order valence-electron chi connectivity index (χ2n) is 4.58. The standard InChI is InChI=1S/C12H18N2O4.C2H6/c1-4-9(15)13-5-6-14(10(16)7-13)11(8(2)3)12(17)18;1-2/h4,8,11H,1,5-7H2,2-3H3,(H,17,18);1-2H3. The highest BCUT2D eigenvalue weighted by atomic mass is 16.4. The topological polar surface area (TPSA) is 77.9 Å². The summed E-state index contributed by atoms with van der Waals surface area (Å²) in [5, 5.41) is 9.14. The van der Waals surface area contributed by atoms with Gasteiger partial charge in [-0.05, 0) is 12.0 Å². The van der Waals surface area contributed by atoms with Gasteiger partial charge in [0.1, 0.15) is 12.6 Å². The van der Waals surface area contributed by atoms with E-state index in [4.69, 9.17) is 5.11 Å². The van der Waals surface area contributed by atoms with Crippen molar-refractivity contribution in [3.63, 3.8) is 0 Å². The number of amides is 2. The Balaban J connectivity index is 0.00000172. The third kappa shape index (κ3) is 4.36. The molecule has 0 saturated carbocycles. The number of rotatable bonds is 4. The Morgan fingerprint density at radius 2 is 1.85 bits per heavy atom. The van der Waals surface area contributed by atoms with E-state index >= 15 is 0 Å². The van der Waals surface area contributed by atoms with Gasteiger partial charge >= 0.3 is 5.97 Å². The van der Waals surface area contributed by atoms with Gasteiger partial charge in [0.2, 0.25) is 11.8 Å². The summed E-state index contributed by atoms with van der Waals surface area (Å²) in [7, 11) is 0. The molecule has 0 radical (unpaired) electrons. The molecule has 0 bridgehead atoms. The fraction of sp³-hybridized carbons (Fsp3) is 0.643. The average Bonchev–Trinajstić information content (AvgIpc) is 2.41. The summed E-state index contributed by atoms with van der Waals surface area (Å²) in [6.07, 6.45) is 1.15. The summed E-state index contributed by atoms with van der Waals surface area (Å²) in [5.74, 6) is -1.83. The first-order valence-corrected chi connectivity index (χ1v) is 6.82. The number of hydrogen-bond donors (Lipinski definition) is 1. The molecule has 1 saturated heterocycles. The number of nitrogens with zero attached hydrogens (tertiary/aromatic N) is 2. The number of piperazine rings is 1. The van der Waals surface area contributed by atoms with E-state index < -0.39 is 12.0 Å². The molecule has 6 heteroatoms. The minimum atomic E-state index is -1.01. The molecule has 1 aliphatic heterocycles. The van der Waals surface area contributed by atoms with Crippen molar-refractivity contribution in [2.24, 2.45) is 5.92 Å². The molecule has 1 N–H and O–H groups in total. The van der Waals surface area contributed by atoms with Gasteiger partial charge in [0, 0.05) is 13.1 Å². The largest absolute Gasteiger partial charge is 0.480 e. The zero-order valence-corrected chi connectivity index (χ0v) is 12.6. The molecule has 1 aliphatic rings. The van der Waals surface area contributed by atoms with E-state index in [1.165, 1.54) is 9.80 Å². The molecule has 1 atom stereocenters. The Bertz CT molecular complexity index is 379. The molecule has 1 rings (SSSR count). The lowest BCUT2D eigenvalue weighted by atomic mass is 10.0. The van der Waals surface area contributed by atoms with E-state index in [0.717, 1.165) is 6.08 Å². The van der Waals surface area contributed by atoms with E-state index in [0.29, 0.717) is 6.54 Å². The van der Waals surface area contributed by atoms with Crippen LogP contribution in [-0.2, 0) is 14.4 Å². The normalized spacial score (nSPS) is 16.4. The Hall–Kier alpha value is -1.85. The van der Waals surface area contributed by atoms with Crippen LogP contribution < -0.4 is 0 Å². The highest BCUT2D eigenvalue weighted by molar-refractivity contribution is 5.93. The van der Waals surface area contributed by atoms with Crippen LogP contribution in [0.15, 0.2) is 12.7 Å². The van der Waals surface area contributed by atoms with Crippen molar-refractivity contribution in [1.82, 2.24) is 9.80 Å². The number of hydrogen-bond acceptors (Lipinski definition) is 3. The number of carboxylic acid groups (broad SMARTS) is 1. The van der Waals surface area contributed by atoms with Gasteiger partial charge in [-0.15, -0.1) is 0 Å². The van der Waals surface area contributed by atoms with Crippen LogP contribution >= 0.6 is 0 Å². The molecule has 0 aromatic rings. The predicted molar refractivity (Wildman–Crippen MR) is 76.1 cm³/mol. The summed E-state index contributed by atoms with van der Waals surface area (Å²) in [5.41, 5.74) is 0. The molecule has 0 aromatic heterocycles. The third-order valence-electron chi connectivity index (χ3n) is 2.96. The quantitative estimate of drug-likeness (QED) is 0.781. The molecule has 20 heavy (non-hydrogen) atoms. The van der Waals surface area contributed by atoms with Crippen LogP contribution in [-0.4, -0.2) is 58.4 Å². The van der Waals surface area contributed by atoms with Crippen molar-refractivity contribution >= 4 is 17.8 Å². The molecule has 6 nitrogen and oxygen atoms in total. The van der Waals surface area contributed by atoms with Gasteiger partial charge in [-0.1, -0.05) is 34.3 Å². The molecule has 0 spiro atoms. The number of carboxylic acids is 1. The van der Waals surface area contributed by atoms with Crippen LogP contribution in [0.5, 0.6) is 0 Å². The lowest BCUT2D eigenvalue weighted by molar-refractivity contribution is -0.156. The average molecular weight is 284 g/mol. The van der Waals surface area contributed by atoms with Crippen LogP contribution in [0.3, 0.4) is 0 Å². The van der Waals surface area contributed by atoms with E-state index in [2.05, 4.69) is 6.58 Å². The Kier molecular flexibility index (Phi) is 7.57. The number of carbonyl (C=O) groups excluding carboxylic acids is 2. The smallest absolute Gasteiger partial charge is 0.326 e. The Labute approximate surface area is 120 Å². The maximum Gasteiger partial charge on any atom is 0.326 e. The van der Waals surface area contributed by atoms with Crippen LogP contribution in [0.2, 0.25) is 0 Å². The van der Waals surface area contributed by atoms with Crippen molar-refractivity contribution in [3.8, 4) is 0 Å². The Morgan fingerprint density at radius 1 is 1.30 bits per heavy atom. The van der Waals surface area contributed by atoms with E-state index in [1.807, 2.05) is 13.8 Å². The lowest BCUT2D eigenvalue weighted by Crippen LogP contribution is -2.58. The van der Waals surface area contributed by atoms with Gasteiger partial charge in [0.15, 0.2) is 0 Å². The predicted octanol–water partition coefficient (Wildman–Crippen LogP) is 0.979. The minimum Gasteiger partial charge on any atom is -0.480 e. The zero-order chi connectivity index (χ0) is 15.9. The second-order valence-corrected chi connectivity index (χ2v) is 4.58. The van der Waals surface area contributed by atoms with Crippen molar-refractivity contribution in [2.45, 2.75) is 33.7 Å².